The number of hydrogen-bond acceptors (Lipinski definition) is 4. The number of carbonyl (C=O) groups excluding carboxylic acids is 2. The lowest BCUT2D eigenvalue weighted by Crippen LogP contribution is -2.34. The molecule has 0 aliphatic carbocycles. The Balaban J connectivity index is 2.27. The second-order valence-corrected chi connectivity index (χ2v) is 5.22. The minimum atomic E-state index is -2.84. The van der Waals surface area contributed by atoms with Crippen molar-refractivity contribution in [2.45, 2.75) is 6.43 Å². The van der Waals surface area contributed by atoms with E-state index in [0.717, 1.165) is 17.0 Å². The molecule has 1 aromatic rings. The summed E-state index contributed by atoms with van der Waals surface area (Å²) >= 11 is 2.94. The number of halogens is 4. The van der Waals surface area contributed by atoms with Crippen molar-refractivity contribution in [2.24, 2.45) is 0 Å². The van der Waals surface area contributed by atoms with Crippen LogP contribution in [0.2, 0.25) is 0 Å². The van der Waals surface area contributed by atoms with E-state index in [2.05, 4.69) is 21.2 Å². The number of hydrogen-bond donors (Lipinski definition) is 2. The van der Waals surface area contributed by atoms with Crippen molar-refractivity contribution in [2.75, 3.05) is 18.5 Å². The van der Waals surface area contributed by atoms with E-state index >= 15 is 0 Å². The SMILES string of the molecule is O=C1C=C(Nc2c(F)cc(C(F)F)cc2Br)C(=O)N1CCO. The summed E-state index contributed by atoms with van der Waals surface area (Å²) in [5.41, 5.74) is -0.954. The molecule has 1 aliphatic rings. The van der Waals surface area contributed by atoms with Gasteiger partial charge >= 0.3 is 0 Å². The molecule has 0 saturated heterocycles. The van der Waals surface area contributed by atoms with Gasteiger partial charge in [0.15, 0.2) is 0 Å². The molecule has 22 heavy (non-hydrogen) atoms. The molecule has 0 fully saturated rings. The molecular weight excluding hydrogens is 369 g/mol. The number of aliphatic hydroxyl groups is 1. The maximum atomic E-state index is 13.9. The van der Waals surface area contributed by atoms with Gasteiger partial charge in [-0.15, -0.1) is 0 Å². The van der Waals surface area contributed by atoms with Gasteiger partial charge in [-0.1, -0.05) is 0 Å². The molecule has 118 valence electrons. The second kappa shape index (κ2) is 6.49. The van der Waals surface area contributed by atoms with Crippen LogP contribution in [-0.4, -0.2) is 35.0 Å². The van der Waals surface area contributed by atoms with E-state index in [9.17, 15) is 22.8 Å². The molecule has 9 heteroatoms. The van der Waals surface area contributed by atoms with Crippen LogP contribution in [-0.2, 0) is 9.59 Å². The number of nitrogens with zero attached hydrogens (tertiary/aromatic N) is 1. The van der Waals surface area contributed by atoms with Crippen LogP contribution in [0, 0.1) is 5.82 Å². The Hall–Kier alpha value is -1.87. The zero-order valence-electron chi connectivity index (χ0n) is 10.9. The molecule has 2 rings (SSSR count). The van der Waals surface area contributed by atoms with Gasteiger partial charge in [0.2, 0.25) is 0 Å². The lowest BCUT2D eigenvalue weighted by molar-refractivity contribution is -0.137. The number of imide groups is 1. The fourth-order valence-corrected chi connectivity index (χ4v) is 2.44. The Labute approximate surface area is 131 Å². The summed E-state index contributed by atoms with van der Waals surface area (Å²) < 4.78 is 39.0. The molecule has 0 spiro atoms. The molecule has 1 aromatic carbocycles. The molecule has 0 aromatic heterocycles. The molecule has 0 radical (unpaired) electrons. The largest absolute Gasteiger partial charge is 0.395 e. The van der Waals surface area contributed by atoms with Gasteiger partial charge < -0.3 is 10.4 Å². The summed E-state index contributed by atoms with van der Waals surface area (Å²) in [6, 6.07) is 1.66. The van der Waals surface area contributed by atoms with Gasteiger partial charge in [0.05, 0.1) is 18.8 Å². The van der Waals surface area contributed by atoms with E-state index in [1.807, 2.05) is 0 Å². The third kappa shape index (κ3) is 3.14. The predicted octanol–water partition coefficient (Wildman–Crippen LogP) is 2.18. The van der Waals surface area contributed by atoms with E-state index < -0.39 is 36.2 Å². The molecule has 0 saturated carbocycles. The van der Waals surface area contributed by atoms with Gasteiger partial charge in [0.25, 0.3) is 18.2 Å². The Bertz CT molecular complexity index is 641. The van der Waals surface area contributed by atoms with E-state index in [0.29, 0.717) is 6.07 Å². The topological polar surface area (TPSA) is 69.6 Å². The third-order valence-electron chi connectivity index (χ3n) is 2.91. The maximum Gasteiger partial charge on any atom is 0.277 e. The van der Waals surface area contributed by atoms with Crippen LogP contribution in [0.15, 0.2) is 28.4 Å². The van der Waals surface area contributed by atoms with Crippen LogP contribution in [0.3, 0.4) is 0 Å². The normalized spacial score (nSPS) is 14.8. The van der Waals surface area contributed by atoms with Gasteiger partial charge in [-0.2, -0.15) is 0 Å². The summed E-state index contributed by atoms with van der Waals surface area (Å²) in [5, 5.41) is 11.2. The highest BCUT2D eigenvalue weighted by Gasteiger charge is 2.31. The van der Waals surface area contributed by atoms with E-state index in [-0.39, 0.29) is 22.4 Å². The minimum Gasteiger partial charge on any atom is -0.395 e. The smallest absolute Gasteiger partial charge is 0.277 e. The fraction of sp³-hybridized carbons (Fsp3) is 0.231. The minimum absolute atomic E-state index is 0.00967. The number of alkyl halides is 2. The highest BCUT2D eigenvalue weighted by Crippen LogP contribution is 2.32. The maximum absolute atomic E-state index is 13.9. The lowest BCUT2D eigenvalue weighted by atomic mass is 10.2. The molecule has 0 unspecified atom stereocenters. The van der Waals surface area contributed by atoms with Gasteiger partial charge in [0, 0.05) is 16.1 Å². The monoisotopic (exact) mass is 378 g/mol. The van der Waals surface area contributed by atoms with Crippen LogP contribution >= 0.6 is 15.9 Å². The average molecular weight is 379 g/mol. The van der Waals surface area contributed by atoms with Gasteiger partial charge in [0.1, 0.15) is 11.5 Å². The Morgan fingerprint density at radius 2 is 2.00 bits per heavy atom. The number of benzene rings is 1. The van der Waals surface area contributed by atoms with E-state index in [1.165, 1.54) is 0 Å². The number of aliphatic hydroxyl groups excluding tert-OH is 1. The van der Waals surface area contributed by atoms with Crippen molar-refractivity contribution in [1.82, 2.24) is 4.90 Å². The van der Waals surface area contributed by atoms with Crippen molar-refractivity contribution in [3.8, 4) is 0 Å². The predicted molar refractivity (Wildman–Crippen MR) is 74.6 cm³/mol. The molecule has 1 aliphatic heterocycles. The first kappa shape index (κ1) is 16.5. The highest BCUT2D eigenvalue weighted by molar-refractivity contribution is 9.10. The zero-order valence-corrected chi connectivity index (χ0v) is 12.5. The summed E-state index contributed by atoms with van der Waals surface area (Å²) in [4.78, 5) is 24.3. The molecule has 1 heterocycles. The number of carbonyl (C=O) groups is 2. The van der Waals surface area contributed by atoms with E-state index in [4.69, 9.17) is 5.11 Å². The second-order valence-electron chi connectivity index (χ2n) is 4.36. The first-order valence-electron chi connectivity index (χ1n) is 6.07. The fourth-order valence-electron chi connectivity index (χ4n) is 1.88. The Morgan fingerprint density at radius 1 is 1.32 bits per heavy atom. The van der Waals surface area contributed by atoms with Crippen molar-refractivity contribution >= 4 is 33.4 Å². The molecular formula is C13H10BrF3N2O3. The summed E-state index contributed by atoms with van der Waals surface area (Å²) in [6.07, 6.45) is -1.89. The number of anilines is 1. The number of β-amino-alcohol motifs (C(OH)–C–C–N with tert-alkyl or cyclic N) is 1. The van der Waals surface area contributed by atoms with Crippen molar-refractivity contribution in [3.63, 3.8) is 0 Å². The number of nitrogens with one attached hydrogen (secondary N) is 1. The third-order valence-corrected chi connectivity index (χ3v) is 3.53. The van der Waals surface area contributed by atoms with Crippen molar-refractivity contribution in [3.05, 3.63) is 39.8 Å². The zero-order chi connectivity index (χ0) is 16.4. The van der Waals surface area contributed by atoms with Gasteiger partial charge in [-0.25, -0.2) is 13.2 Å². The standard InChI is InChI=1S/C13H10BrF3N2O3/c14-7-3-6(12(16)17)4-8(15)11(7)18-9-5-10(21)19(1-2-20)13(9)22/h3-5,12,18,20H,1-2H2. The first-order valence-corrected chi connectivity index (χ1v) is 6.87. The van der Waals surface area contributed by atoms with Crippen LogP contribution in [0.1, 0.15) is 12.0 Å². The average Bonchev–Trinajstić information content (AvgIpc) is 2.70. The van der Waals surface area contributed by atoms with Crippen LogP contribution in [0.5, 0.6) is 0 Å². The first-order chi connectivity index (χ1) is 10.3. The molecule has 0 bridgehead atoms. The molecule has 0 atom stereocenters. The Morgan fingerprint density at radius 3 is 2.55 bits per heavy atom. The van der Waals surface area contributed by atoms with Crippen LogP contribution in [0.25, 0.3) is 0 Å². The number of rotatable bonds is 5. The summed E-state index contributed by atoms with van der Waals surface area (Å²) in [6.45, 7) is -0.590. The van der Waals surface area contributed by atoms with Crippen molar-refractivity contribution in [1.29, 1.82) is 0 Å². The highest BCUT2D eigenvalue weighted by atomic mass is 79.9. The van der Waals surface area contributed by atoms with Crippen molar-refractivity contribution < 1.29 is 27.9 Å². The number of amides is 2. The van der Waals surface area contributed by atoms with Gasteiger partial charge in [-0.3, -0.25) is 14.5 Å². The van der Waals surface area contributed by atoms with E-state index in [1.54, 1.807) is 0 Å². The van der Waals surface area contributed by atoms with Crippen LogP contribution < -0.4 is 5.32 Å². The molecule has 2 N–H and O–H groups in total. The molecule has 2 amide bonds. The molecule has 5 nitrogen and oxygen atoms in total. The summed E-state index contributed by atoms with van der Waals surface area (Å²) in [5.74, 6) is -2.38. The summed E-state index contributed by atoms with van der Waals surface area (Å²) in [7, 11) is 0. The lowest BCUT2D eigenvalue weighted by Gasteiger charge is -2.15. The Kier molecular flexibility index (Phi) is 4.87. The van der Waals surface area contributed by atoms with Gasteiger partial charge in [-0.05, 0) is 28.1 Å². The van der Waals surface area contributed by atoms with Crippen LogP contribution in [0.4, 0.5) is 18.9 Å². The quantitative estimate of drug-likeness (QED) is 0.770.